The Bertz CT molecular complexity index is 1460. The monoisotopic (exact) mass is 769 g/mol. The summed E-state index contributed by atoms with van der Waals surface area (Å²) in [5.74, 6) is -1.57. The van der Waals surface area contributed by atoms with Gasteiger partial charge in [0.1, 0.15) is 16.8 Å². The second-order valence-electron chi connectivity index (χ2n) is 15.8. The Hall–Kier alpha value is -3.19. The smallest absolute Gasteiger partial charge is 0.245 e. The lowest BCUT2D eigenvalue weighted by Crippen LogP contribution is -2.59. The first kappa shape index (κ1) is 45.2. The van der Waals surface area contributed by atoms with Gasteiger partial charge in [-0.15, -0.1) is 11.3 Å². The zero-order valence-electron chi connectivity index (χ0n) is 34.5. The molecule has 3 amide bonds. The minimum absolute atomic E-state index is 0.0115. The van der Waals surface area contributed by atoms with E-state index in [4.69, 9.17) is 9.47 Å². The third-order valence-electron chi connectivity index (χ3n) is 11.5. The molecule has 3 rings (SSSR count). The number of aromatic nitrogens is 1. The van der Waals surface area contributed by atoms with Gasteiger partial charge < -0.3 is 30.3 Å². The molecule has 0 bridgehead atoms. The molecule has 0 unspecified atom stereocenters. The van der Waals surface area contributed by atoms with Crippen molar-refractivity contribution >= 4 is 34.8 Å². The van der Waals surface area contributed by atoms with Crippen LogP contribution in [0.1, 0.15) is 97.2 Å². The summed E-state index contributed by atoms with van der Waals surface area (Å²) in [5.41, 5.74) is 1.10. The highest BCUT2D eigenvalue weighted by molar-refractivity contribution is 7.09. The Balaban J connectivity index is 1.78. The van der Waals surface area contributed by atoms with E-state index in [1.165, 1.54) is 11.3 Å². The molecule has 0 spiro atoms. The van der Waals surface area contributed by atoms with Crippen LogP contribution in [-0.2, 0) is 35.1 Å². The molecule has 1 aromatic carbocycles. The number of nitrogens with one attached hydrogen (secondary N) is 3. The Morgan fingerprint density at radius 2 is 1.59 bits per heavy atom. The van der Waals surface area contributed by atoms with E-state index in [0.717, 1.165) is 29.8 Å². The van der Waals surface area contributed by atoms with Crippen LogP contribution in [0.25, 0.3) is 0 Å². The topological polar surface area (TPSA) is 139 Å². The number of amides is 3. The third kappa shape index (κ3) is 11.7. The second-order valence-corrected chi connectivity index (χ2v) is 16.7. The molecule has 302 valence electrons. The second kappa shape index (κ2) is 21.8. The molecule has 1 aliphatic carbocycles. The Labute approximate surface area is 328 Å². The number of ketones is 1. The number of carbonyl (C=O) groups excluding carboxylic acids is 4. The first-order chi connectivity index (χ1) is 25.7. The van der Waals surface area contributed by atoms with E-state index < -0.39 is 36.3 Å². The summed E-state index contributed by atoms with van der Waals surface area (Å²) in [7, 11) is 6.72. The van der Waals surface area contributed by atoms with Crippen molar-refractivity contribution in [2.45, 2.75) is 123 Å². The van der Waals surface area contributed by atoms with Crippen molar-refractivity contribution in [3.63, 3.8) is 0 Å². The third-order valence-corrected chi connectivity index (χ3v) is 12.4. The maximum atomic E-state index is 14.3. The van der Waals surface area contributed by atoms with Crippen LogP contribution < -0.4 is 16.0 Å². The van der Waals surface area contributed by atoms with E-state index in [1.807, 2.05) is 70.3 Å². The molecular formula is C42H67N5O6S. The van der Waals surface area contributed by atoms with E-state index in [-0.39, 0.29) is 65.6 Å². The first-order valence-corrected chi connectivity index (χ1v) is 20.6. The average molecular weight is 770 g/mol. The number of carbonyl (C=O) groups is 4. The van der Waals surface area contributed by atoms with Crippen LogP contribution in [0, 0.1) is 35.5 Å². The molecule has 10 atom stereocenters. The van der Waals surface area contributed by atoms with Gasteiger partial charge in [0, 0.05) is 45.2 Å². The zero-order valence-corrected chi connectivity index (χ0v) is 35.3. The fourth-order valence-electron chi connectivity index (χ4n) is 8.26. The van der Waals surface area contributed by atoms with Gasteiger partial charge in [-0.1, -0.05) is 91.6 Å². The molecule has 0 aliphatic heterocycles. The largest absolute Gasteiger partial charge is 0.380 e. The highest BCUT2D eigenvalue weighted by Gasteiger charge is 2.44. The lowest BCUT2D eigenvalue weighted by Gasteiger charge is -2.40. The van der Waals surface area contributed by atoms with Gasteiger partial charge in [0.15, 0.2) is 0 Å². The molecule has 0 radical (unpaired) electrons. The Morgan fingerprint density at radius 3 is 2.13 bits per heavy atom. The number of thiazole rings is 1. The van der Waals surface area contributed by atoms with Crippen LogP contribution in [0.3, 0.4) is 0 Å². The van der Waals surface area contributed by atoms with Crippen LogP contribution in [-0.4, -0.2) is 92.0 Å². The van der Waals surface area contributed by atoms with Gasteiger partial charge in [0.25, 0.3) is 0 Å². The summed E-state index contributed by atoms with van der Waals surface area (Å²) in [6, 6.07) is 8.17. The summed E-state index contributed by atoms with van der Waals surface area (Å²) in [6.07, 6.45) is 4.56. The molecule has 12 heteroatoms. The van der Waals surface area contributed by atoms with Crippen molar-refractivity contribution in [1.82, 2.24) is 25.8 Å². The molecule has 1 saturated carbocycles. The lowest BCUT2D eigenvalue weighted by molar-refractivity contribution is -0.145. The number of hydrogen-bond acceptors (Lipinski definition) is 9. The van der Waals surface area contributed by atoms with Crippen LogP contribution >= 0.6 is 11.3 Å². The van der Waals surface area contributed by atoms with E-state index in [9.17, 15) is 19.2 Å². The van der Waals surface area contributed by atoms with E-state index in [0.29, 0.717) is 12.8 Å². The first-order valence-electron chi connectivity index (χ1n) is 19.8. The standard InChI is InChI=1S/C42H67N5O6S/c1-12-27(6)37(47(9)42(51)36(26(4)5)46-40(50)35(43-8)25(2)3)34(52-10)24-33(48)30-19-16-20-31(30)38(53-11)28(7)39(49)45-32(41-44-21-22-54-41)23-29-17-14-13-15-18-29/h13-15,17-18,21-22,25-28,30-32,34-38,43H,12,16,19-20,23-24H2,1-11H3,(H,45,49)(H,46,50)/t27-,28+,30-,31+,32-,34+,35-,36-,37-,38+/m0/s1. The van der Waals surface area contributed by atoms with Gasteiger partial charge in [0.05, 0.1) is 36.3 Å². The van der Waals surface area contributed by atoms with Gasteiger partial charge >= 0.3 is 0 Å². The predicted molar refractivity (Wildman–Crippen MR) is 215 cm³/mol. The molecule has 1 heterocycles. The molecule has 11 nitrogen and oxygen atoms in total. The fraction of sp³-hybridized carbons (Fsp3) is 0.690. The molecule has 54 heavy (non-hydrogen) atoms. The number of rotatable bonds is 22. The molecular weight excluding hydrogens is 703 g/mol. The van der Waals surface area contributed by atoms with Crippen molar-refractivity contribution in [2.75, 3.05) is 28.3 Å². The molecule has 2 aromatic rings. The van der Waals surface area contributed by atoms with Crippen molar-refractivity contribution in [1.29, 1.82) is 0 Å². The van der Waals surface area contributed by atoms with Crippen molar-refractivity contribution < 1.29 is 28.7 Å². The number of ether oxygens (including phenoxy) is 2. The maximum Gasteiger partial charge on any atom is 0.245 e. The molecule has 1 aromatic heterocycles. The van der Waals surface area contributed by atoms with Crippen molar-refractivity contribution in [3.05, 3.63) is 52.5 Å². The summed E-state index contributed by atoms with van der Waals surface area (Å²) in [4.78, 5) is 61.9. The predicted octanol–water partition coefficient (Wildman–Crippen LogP) is 5.84. The SMILES string of the molecule is CC[C@H](C)[C@@H]([C@@H](CC(=O)[C@H]1CCC[C@H]1[C@H](OC)[C@@H](C)C(=O)N[C@@H](Cc1ccccc1)c1nccs1)OC)N(C)C(=O)[C@@H](NC(=O)[C@@H](NC)C(C)C)C(C)C. The van der Waals surface area contributed by atoms with Gasteiger partial charge in [-0.3, -0.25) is 19.2 Å². The highest BCUT2D eigenvalue weighted by Crippen LogP contribution is 2.40. The summed E-state index contributed by atoms with van der Waals surface area (Å²) in [5, 5.41) is 12.1. The van der Waals surface area contributed by atoms with Crippen LogP contribution in [0.15, 0.2) is 41.9 Å². The van der Waals surface area contributed by atoms with Crippen LogP contribution in [0.5, 0.6) is 0 Å². The van der Waals surface area contributed by atoms with E-state index in [1.54, 1.807) is 39.4 Å². The molecule has 3 N–H and O–H groups in total. The van der Waals surface area contributed by atoms with Crippen molar-refractivity contribution in [2.24, 2.45) is 35.5 Å². The van der Waals surface area contributed by atoms with Gasteiger partial charge in [-0.05, 0) is 55.5 Å². The molecule has 1 aliphatic rings. The molecule has 0 saturated heterocycles. The average Bonchev–Trinajstić information content (AvgIpc) is 3.87. The Kier molecular flexibility index (Phi) is 18.2. The minimum atomic E-state index is -0.742. The number of hydrogen-bond donors (Lipinski definition) is 3. The van der Waals surface area contributed by atoms with Gasteiger partial charge in [-0.2, -0.15) is 0 Å². The number of nitrogens with zero attached hydrogens (tertiary/aromatic N) is 2. The summed E-state index contributed by atoms with van der Waals surface area (Å²) < 4.78 is 12.1. The Morgan fingerprint density at radius 1 is 0.926 bits per heavy atom. The number of likely N-dealkylation sites (N-methyl/N-ethyl adjacent to an activating group) is 2. The fourth-order valence-corrected chi connectivity index (χ4v) is 8.95. The van der Waals surface area contributed by atoms with E-state index in [2.05, 4.69) is 34.8 Å². The number of Topliss-reactive ketones (excluding diaryl/α,β-unsaturated/α-hetero) is 1. The highest BCUT2D eigenvalue weighted by atomic mass is 32.1. The van der Waals surface area contributed by atoms with Crippen molar-refractivity contribution in [3.8, 4) is 0 Å². The van der Waals surface area contributed by atoms with Gasteiger partial charge in [0.2, 0.25) is 17.7 Å². The van der Waals surface area contributed by atoms with Crippen LogP contribution in [0.2, 0.25) is 0 Å². The summed E-state index contributed by atoms with van der Waals surface area (Å²) >= 11 is 1.51. The minimum Gasteiger partial charge on any atom is -0.380 e. The number of benzene rings is 1. The maximum absolute atomic E-state index is 14.3. The normalized spacial score (nSPS) is 20.4. The lowest BCUT2D eigenvalue weighted by atomic mass is 9.79. The van der Waals surface area contributed by atoms with Crippen LogP contribution in [0.4, 0.5) is 0 Å². The van der Waals surface area contributed by atoms with Gasteiger partial charge in [-0.25, -0.2) is 4.98 Å². The van der Waals surface area contributed by atoms with E-state index >= 15 is 0 Å². The zero-order chi connectivity index (χ0) is 40.1. The summed E-state index contributed by atoms with van der Waals surface area (Å²) in [6.45, 7) is 13.8. The molecule has 1 fully saturated rings. The number of methoxy groups -OCH3 is 2. The quantitative estimate of drug-likeness (QED) is 0.136.